The SMILES string of the molecule is O=C(O)C1CSCN1C(=O)CCc1ccccc1O. The van der Waals surface area contributed by atoms with E-state index >= 15 is 0 Å². The quantitative estimate of drug-likeness (QED) is 0.870. The highest BCUT2D eigenvalue weighted by molar-refractivity contribution is 7.99. The van der Waals surface area contributed by atoms with Gasteiger partial charge in [-0.15, -0.1) is 11.8 Å². The highest BCUT2D eigenvalue weighted by Crippen LogP contribution is 2.23. The molecule has 0 bridgehead atoms. The molecule has 0 saturated carbocycles. The Morgan fingerprint density at radius 3 is 2.79 bits per heavy atom. The van der Waals surface area contributed by atoms with E-state index in [1.54, 1.807) is 24.3 Å². The number of aromatic hydroxyl groups is 1. The smallest absolute Gasteiger partial charge is 0.327 e. The van der Waals surface area contributed by atoms with Crippen LogP contribution in [0, 0.1) is 0 Å². The number of para-hydroxylation sites is 1. The molecule has 1 aliphatic rings. The van der Waals surface area contributed by atoms with Crippen LogP contribution in [0.4, 0.5) is 0 Å². The molecule has 1 amide bonds. The van der Waals surface area contributed by atoms with E-state index in [9.17, 15) is 14.7 Å². The highest BCUT2D eigenvalue weighted by Gasteiger charge is 2.34. The van der Waals surface area contributed by atoms with Crippen LogP contribution in [0.25, 0.3) is 0 Å². The fourth-order valence-electron chi connectivity index (χ4n) is 2.00. The van der Waals surface area contributed by atoms with E-state index in [-0.39, 0.29) is 18.1 Å². The molecule has 2 rings (SSSR count). The molecule has 0 aliphatic carbocycles. The lowest BCUT2D eigenvalue weighted by Crippen LogP contribution is -2.41. The second-order valence-electron chi connectivity index (χ2n) is 4.35. The van der Waals surface area contributed by atoms with E-state index in [0.717, 1.165) is 0 Å². The van der Waals surface area contributed by atoms with Gasteiger partial charge in [0, 0.05) is 12.2 Å². The number of carbonyl (C=O) groups is 2. The molecule has 1 aliphatic heterocycles. The van der Waals surface area contributed by atoms with Crippen LogP contribution in [0.5, 0.6) is 5.75 Å². The minimum Gasteiger partial charge on any atom is -0.508 e. The van der Waals surface area contributed by atoms with Crippen molar-refractivity contribution in [1.82, 2.24) is 4.90 Å². The van der Waals surface area contributed by atoms with Gasteiger partial charge in [-0.2, -0.15) is 0 Å². The van der Waals surface area contributed by atoms with Gasteiger partial charge in [-0.05, 0) is 18.1 Å². The van der Waals surface area contributed by atoms with Gasteiger partial charge < -0.3 is 15.1 Å². The van der Waals surface area contributed by atoms with Crippen LogP contribution < -0.4 is 0 Å². The topological polar surface area (TPSA) is 77.8 Å². The van der Waals surface area contributed by atoms with Gasteiger partial charge in [-0.3, -0.25) is 4.79 Å². The van der Waals surface area contributed by atoms with Gasteiger partial charge in [0.1, 0.15) is 11.8 Å². The van der Waals surface area contributed by atoms with Crippen molar-refractivity contribution in [3.8, 4) is 5.75 Å². The lowest BCUT2D eigenvalue weighted by atomic mass is 10.1. The largest absolute Gasteiger partial charge is 0.508 e. The summed E-state index contributed by atoms with van der Waals surface area (Å²) in [4.78, 5) is 24.4. The summed E-state index contributed by atoms with van der Waals surface area (Å²) < 4.78 is 0. The predicted octanol–water partition coefficient (Wildman–Crippen LogP) is 1.31. The van der Waals surface area contributed by atoms with Crippen molar-refractivity contribution in [1.29, 1.82) is 0 Å². The van der Waals surface area contributed by atoms with Crippen LogP contribution in [-0.4, -0.2) is 44.7 Å². The molecule has 1 fully saturated rings. The zero-order valence-corrected chi connectivity index (χ0v) is 11.1. The number of amides is 1. The molecule has 5 nitrogen and oxygen atoms in total. The third kappa shape index (κ3) is 3.20. The fraction of sp³-hybridized carbons (Fsp3) is 0.385. The normalized spacial score (nSPS) is 18.5. The summed E-state index contributed by atoms with van der Waals surface area (Å²) in [6.45, 7) is 0. The van der Waals surface area contributed by atoms with Crippen LogP contribution in [-0.2, 0) is 16.0 Å². The Kier molecular flexibility index (Phi) is 4.31. The average Bonchev–Trinajstić information content (AvgIpc) is 2.87. The third-order valence-corrected chi connectivity index (χ3v) is 4.10. The van der Waals surface area contributed by atoms with Crippen LogP contribution >= 0.6 is 11.8 Å². The van der Waals surface area contributed by atoms with Crippen molar-refractivity contribution in [3.63, 3.8) is 0 Å². The predicted molar refractivity (Wildman–Crippen MR) is 72.0 cm³/mol. The summed E-state index contributed by atoms with van der Waals surface area (Å²) in [5.41, 5.74) is 0.703. The van der Waals surface area contributed by atoms with E-state index in [1.165, 1.54) is 16.7 Å². The Hall–Kier alpha value is -1.69. The molecule has 1 unspecified atom stereocenters. The van der Waals surface area contributed by atoms with E-state index < -0.39 is 12.0 Å². The maximum Gasteiger partial charge on any atom is 0.327 e. The Labute approximate surface area is 115 Å². The molecule has 0 radical (unpaired) electrons. The number of carboxylic acid groups (broad SMARTS) is 1. The number of aliphatic carboxylic acids is 1. The summed E-state index contributed by atoms with van der Waals surface area (Å²) in [7, 11) is 0. The van der Waals surface area contributed by atoms with Gasteiger partial charge in [-0.25, -0.2) is 4.79 Å². The van der Waals surface area contributed by atoms with Gasteiger partial charge in [0.05, 0.1) is 5.88 Å². The summed E-state index contributed by atoms with van der Waals surface area (Å²) in [6, 6.07) is 6.13. The number of hydrogen-bond acceptors (Lipinski definition) is 4. The standard InChI is InChI=1S/C13H15NO4S/c15-11-4-2-1-3-9(11)5-6-12(16)14-8-19-7-10(14)13(17)18/h1-4,10,15H,5-8H2,(H,17,18). The minimum absolute atomic E-state index is 0.167. The zero-order chi connectivity index (χ0) is 13.8. The second kappa shape index (κ2) is 5.97. The Morgan fingerprint density at radius 2 is 2.11 bits per heavy atom. The molecule has 0 spiro atoms. The first-order valence-corrected chi connectivity index (χ1v) is 7.12. The average molecular weight is 281 g/mol. The van der Waals surface area contributed by atoms with Crippen LogP contribution in [0.1, 0.15) is 12.0 Å². The molecule has 6 heteroatoms. The Bertz CT molecular complexity index is 491. The highest BCUT2D eigenvalue weighted by atomic mass is 32.2. The Balaban J connectivity index is 1.95. The van der Waals surface area contributed by atoms with E-state index in [1.807, 2.05) is 0 Å². The zero-order valence-electron chi connectivity index (χ0n) is 10.3. The van der Waals surface area contributed by atoms with Crippen molar-refractivity contribution in [2.45, 2.75) is 18.9 Å². The number of aryl methyl sites for hydroxylation is 1. The second-order valence-corrected chi connectivity index (χ2v) is 5.35. The number of phenolic OH excluding ortho intramolecular Hbond substituents is 1. The number of thioether (sulfide) groups is 1. The van der Waals surface area contributed by atoms with E-state index in [2.05, 4.69) is 0 Å². The Morgan fingerprint density at radius 1 is 1.37 bits per heavy atom. The number of hydrogen-bond donors (Lipinski definition) is 2. The monoisotopic (exact) mass is 281 g/mol. The van der Waals surface area contributed by atoms with Crippen LogP contribution in [0.3, 0.4) is 0 Å². The number of carboxylic acids is 1. The number of nitrogens with zero attached hydrogens (tertiary/aromatic N) is 1. The number of benzene rings is 1. The molecule has 1 atom stereocenters. The molecule has 1 aromatic carbocycles. The van der Waals surface area contributed by atoms with Crippen molar-refractivity contribution in [2.24, 2.45) is 0 Å². The molecule has 102 valence electrons. The third-order valence-electron chi connectivity index (χ3n) is 3.09. The fourth-order valence-corrected chi connectivity index (χ4v) is 3.17. The molecule has 1 aromatic rings. The summed E-state index contributed by atoms with van der Waals surface area (Å²) in [5.74, 6) is -0.101. The van der Waals surface area contributed by atoms with Gasteiger partial charge in [0.25, 0.3) is 0 Å². The van der Waals surface area contributed by atoms with Crippen LogP contribution in [0.15, 0.2) is 24.3 Å². The number of carbonyl (C=O) groups excluding carboxylic acids is 1. The molecule has 1 heterocycles. The first-order valence-electron chi connectivity index (χ1n) is 5.96. The van der Waals surface area contributed by atoms with Crippen molar-refractivity contribution in [2.75, 3.05) is 11.6 Å². The van der Waals surface area contributed by atoms with Gasteiger partial charge in [0.2, 0.25) is 5.91 Å². The molecule has 19 heavy (non-hydrogen) atoms. The number of phenols is 1. The van der Waals surface area contributed by atoms with E-state index in [4.69, 9.17) is 5.11 Å². The maximum absolute atomic E-state index is 12.0. The minimum atomic E-state index is -0.957. The molecule has 1 saturated heterocycles. The summed E-state index contributed by atoms with van der Waals surface area (Å²) in [6.07, 6.45) is 0.626. The van der Waals surface area contributed by atoms with Gasteiger partial charge in [-0.1, -0.05) is 18.2 Å². The van der Waals surface area contributed by atoms with Crippen molar-refractivity contribution < 1.29 is 19.8 Å². The molecular weight excluding hydrogens is 266 g/mol. The van der Waals surface area contributed by atoms with E-state index in [0.29, 0.717) is 23.6 Å². The van der Waals surface area contributed by atoms with Gasteiger partial charge >= 0.3 is 5.97 Å². The molecule has 2 N–H and O–H groups in total. The van der Waals surface area contributed by atoms with Crippen molar-refractivity contribution in [3.05, 3.63) is 29.8 Å². The van der Waals surface area contributed by atoms with Crippen molar-refractivity contribution >= 4 is 23.6 Å². The first-order chi connectivity index (χ1) is 9.09. The van der Waals surface area contributed by atoms with Gasteiger partial charge in [0.15, 0.2) is 0 Å². The number of rotatable bonds is 4. The first kappa shape index (κ1) is 13.7. The molecular formula is C13H15NO4S. The summed E-state index contributed by atoms with van der Waals surface area (Å²) in [5, 5.41) is 18.6. The molecule has 0 aromatic heterocycles. The van der Waals surface area contributed by atoms with Crippen LogP contribution in [0.2, 0.25) is 0 Å². The lowest BCUT2D eigenvalue weighted by molar-refractivity contribution is -0.147. The summed E-state index contributed by atoms with van der Waals surface area (Å²) >= 11 is 1.45. The lowest BCUT2D eigenvalue weighted by Gasteiger charge is -2.20. The maximum atomic E-state index is 12.0.